The van der Waals surface area contributed by atoms with E-state index in [4.69, 9.17) is 4.52 Å². The maximum atomic E-state index is 5.31. The van der Waals surface area contributed by atoms with E-state index in [0.717, 1.165) is 60.9 Å². The van der Waals surface area contributed by atoms with Crippen molar-refractivity contribution in [2.75, 3.05) is 31.1 Å². The molecule has 118 valence electrons. The number of para-hydroxylation sites is 1. The molecule has 3 aromatic rings. The summed E-state index contributed by atoms with van der Waals surface area (Å²) in [6, 6.07) is 10.2. The minimum Gasteiger partial charge on any atom is -0.360 e. The lowest BCUT2D eigenvalue weighted by Crippen LogP contribution is -2.46. The predicted octanol–water partition coefficient (Wildman–Crippen LogP) is 2.25. The molecule has 23 heavy (non-hydrogen) atoms. The molecule has 0 radical (unpaired) electrons. The monoisotopic (exact) mass is 309 g/mol. The van der Waals surface area contributed by atoms with Crippen LogP contribution in [0.15, 0.2) is 41.2 Å². The number of anilines is 1. The highest BCUT2D eigenvalue weighted by molar-refractivity contribution is 5.89. The number of fused-ring (bicyclic) bond motifs is 1. The van der Waals surface area contributed by atoms with Crippen molar-refractivity contribution in [2.24, 2.45) is 0 Å². The van der Waals surface area contributed by atoms with Gasteiger partial charge in [-0.15, -0.1) is 0 Å². The highest BCUT2D eigenvalue weighted by atomic mass is 16.5. The largest absolute Gasteiger partial charge is 0.360 e. The Balaban J connectivity index is 1.46. The third-order valence-electron chi connectivity index (χ3n) is 4.25. The van der Waals surface area contributed by atoms with Crippen LogP contribution in [0.4, 0.5) is 5.82 Å². The third kappa shape index (κ3) is 2.90. The van der Waals surface area contributed by atoms with E-state index in [1.807, 2.05) is 31.2 Å². The van der Waals surface area contributed by atoms with Gasteiger partial charge in [-0.05, 0) is 19.1 Å². The minimum absolute atomic E-state index is 0.819. The van der Waals surface area contributed by atoms with E-state index in [2.05, 4.69) is 31.0 Å². The predicted molar refractivity (Wildman–Crippen MR) is 88.3 cm³/mol. The van der Waals surface area contributed by atoms with Crippen molar-refractivity contribution < 1.29 is 4.52 Å². The fourth-order valence-corrected chi connectivity index (χ4v) is 3.07. The van der Waals surface area contributed by atoms with Gasteiger partial charge in [-0.3, -0.25) is 4.90 Å². The van der Waals surface area contributed by atoms with Crippen molar-refractivity contribution in [1.82, 2.24) is 20.0 Å². The molecule has 1 aliphatic heterocycles. The van der Waals surface area contributed by atoms with E-state index in [0.29, 0.717) is 0 Å². The van der Waals surface area contributed by atoms with Crippen LogP contribution >= 0.6 is 0 Å². The molecule has 0 aliphatic carbocycles. The summed E-state index contributed by atoms with van der Waals surface area (Å²) in [4.78, 5) is 13.6. The van der Waals surface area contributed by atoms with Crippen LogP contribution in [-0.2, 0) is 6.54 Å². The summed E-state index contributed by atoms with van der Waals surface area (Å²) in [6.07, 6.45) is 1.65. The lowest BCUT2D eigenvalue weighted by atomic mass is 10.2. The molecule has 0 atom stereocenters. The Labute approximate surface area is 134 Å². The molecule has 4 rings (SSSR count). The van der Waals surface area contributed by atoms with Crippen molar-refractivity contribution in [3.05, 3.63) is 48.1 Å². The standard InChI is InChI=1S/C17H19N5O/c1-13-10-14(23-20-13)11-21-6-8-22(9-7-21)17-15-4-2-3-5-16(15)18-12-19-17/h2-5,10,12H,6-9,11H2,1H3. The van der Waals surface area contributed by atoms with Crippen LogP contribution in [-0.4, -0.2) is 46.2 Å². The fourth-order valence-electron chi connectivity index (χ4n) is 3.07. The molecule has 2 aromatic heterocycles. The summed E-state index contributed by atoms with van der Waals surface area (Å²) in [5.74, 6) is 1.97. The van der Waals surface area contributed by atoms with Gasteiger partial charge in [0.1, 0.15) is 12.1 Å². The zero-order valence-electron chi connectivity index (χ0n) is 13.1. The van der Waals surface area contributed by atoms with Crippen LogP contribution in [0.2, 0.25) is 0 Å². The number of nitrogens with zero attached hydrogens (tertiary/aromatic N) is 5. The number of piperazine rings is 1. The molecule has 0 bridgehead atoms. The van der Waals surface area contributed by atoms with Gasteiger partial charge in [0, 0.05) is 37.6 Å². The van der Waals surface area contributed by atoms with E-state index in [1.165, 1.54) is 0 Å². The first-order chi connectivity index (χ1) is 11.3. The van der Waals surface area contributed by atoms with E-state index >= 15 is 0 Å². The molecular weight excluding hydrogens is 290 g/mol. The van der Waals surface area contributed by atoms with Gasteiger partial charge in [0.25, 0.3) is 0 Å². The summed E-state index contributed by atoms with van der Waals surface area (Å²) in [7, 11) is 0. The van der Waals surface area contributed by atoms with Gasteiger partial charge in [0.05, 0.1) is 17.8 Å². The van der Waals surface area contributed by atoms with Crippen molar-refractivity contribution in [3.63, 3.8) is 0 Å². The Hall–Kier alpha value is -2.47. The molecular formula is C17H19N5O. The maximum absolute atomic E-state index is 5.31. The van der Waals surface area contributed by atoms with Crippen molar-refractivity contribution in [1.29, 1.82) is 0 Å². The lowest BCUT2D eigenvalue weighted by Gasteiger charge is -2.35. The summed E-state index contributed by atoms with van der Waals surface area (Å²) < 4.78 is 5.31. The number of aromatic nitrogens is 3. The zero-order chi connectivity index (χ0) is 15.6. The Morgan fingerprint density at radius 2 is 1.91 bits per heavy atom. The summed E-state index contributed by atoms with van der Waals surface area (Å²) >= 11 is 0. The van der Waals surface area contributed by atoms with Gasteiger partial charge in [0.2, 0.25) is 0 Å². The highest BCUT2D eigenvalue weighted by Gasteiger charge is 2.20. The van der Waals surface area contributed by atoms with Crippen molar-refractivity contribution >= 4 is 16.7 Å². The minimum atomic E-state index is 0.819. The second kappa shape index (κ2) is 5.96. The Morgan fingerprint density at radius 1 is 1.09 bits per heavy atom. The summed E-state index contributed by atoms with van der Waals surface area (Å²) in [5, 5.41) is 5.07. The number of rotatable bonds is 3. The zero-order valence-corrected chi connectivity index (χ0v) is 13.1. The first-order valence-corrected chi connectivity index (χ1v) is 7.89. The number of benzene rings is 1. The quantitative estimate of drug-likeness (QED) is 0.739. The van der Waals surface area contributed by atoms with Crippen LogP contribution < -0.4 is 4.90 Å². The SMILES string of the molecule is Cc1cc(CN2CCN(c3ncnc4ccccc34)CC2)on1. The first-order valence-electron chi connectivity index (χ1n) is 7.89. The second-order valence-electron chi connectivity index (χ2n) is 5.91. The van der Waals surface area contributed by atoms with E-state index in [-0.39, 0.29) is 0 Å². The van der Waals surface area contributed by atoms with Crippen LogP contribution in [0.1, 0.15) is 11.5 Å². The van der Waals surface area contributed by atoms with Gasteiger partial charge >= 0.3 is 0 Å². The van der Waals surface area contributed by atoms with Crippen molar-refractivity contribution in [2.45, 2.75) is 13.5 Å². The van der Waals surface area contributed by atoms with Crippen molar-refractivity contribution in [3.8, 4) is 0 Å². The molecule has 1 aromatic carbocycles. The molecule has 0 spiro atoms. The normalized spacial score (nSPS) is 16.1. The molecule has 1 saturated heterocycles. The van der Waals surface area contributed by atoms with Gasteiger partial charge in [-0.2, -0.15) is 0 Å². The molecule has 1 fully saturated rings. The Bertz CT molecular complexity index is 802. The molecule has 6 heteroatoms. The topological polar surface area (TPSA) is 58.3 Å². The van der Waals surface area contributed by atoms with Gasteiger partial charge in [-0.25, -0.2) is 9.97 Å². The molecule has 0 amide bonds. The molecule has 0 saturated carbocycles. The van der Waals surface area contributed by atoms with Crippen LogP contribution in [0, 0.1) is 6.92 Å². The highest BCUT2D eigenvalue weighted by Crippen LogP contribution is 2.23. The summed E-state index contributed by atoms with van der Waals surface area (Å²) in [6.45, 7) is 6.64. The number of hydrogen-bond donors (Lipinski definition) is 0. The third-order valence-corrected chi connectivity index (χ3v) is 4.25. The lowest BCUT2D eigenvalue weighted by molar-refractivity contribution is 0.219. The molecule has 3 heterocycles. The fraction of sp³-hybridized carbons (Fsp3) is 0.353. The van der Waals surface area contributed by atoms with Gasteiger partial charge < -0.3 is 9.42 Å². The van der Waals surface area contributed by atoms with Gasteiger partial charge in [0.15, 0.2) is 5.76 Å². The number of aryl methyl sites for hydroxylation is 1. The maximum Gasteiger partial charge on any atom is 0.150 e. The molecule has 0 unspecified atom stereocenters. The van der Waals surface area contributed by atoms with E-state index < -0.39 is 0 Å². The Morgan fingerprint density at radius 3 is 2.70 bits per heavy atom. The first kappa shape index (κ1) is 14.1. The molecule has 6 nitrogen and oxygen atoms in total. The van der Waals surface area contributed by atoms with Crippen LogP contribution in [0.25, 0.3) is 10.9 Å². The van der Waals surface area contributed by atoms with Gasteiger partial charge in [-0.1, -0.05) is 17.3 Å². The van der Waals surface area contributed by atoms with E-state index in [1.54, 1.807) is 6.33 Å². The Kier molecular flexibility index (Phi) is 3.67. The van der Waals surface area contributed by atoms with Crippen LogP contribution in [0.5, 0.6) is 0 Å². The average molecular weight is 309 g/mol. The average Bonchev–Trinajstić information content (AvgIpc) is 3.00. The smallest absolute Gasteiger partial charge is 0.150 e. The number of hydrogen-bond acceptors (Lipinski definition) is 6. The second-order valence-corrected chi connectivity index (χ2v) is 5.91. The van der Waals surface area contributed by atoms with Crippen LogP contribution in [0.3, 0.4) is 0 Å². The molecule has 0 N–H and O–H groups in total. The molecule has 1 aliphatic rings. The summed E-state index contributed by atoms with van der Waals surface area (Å²) in [5.41, 5.74) is 1.93. The van der Waals surface area contributed by atoms with E-state index in [9.17, 15) is 0 Å².